The molecule has 1 heterocycles. The molecule has 1 aliphatic carbocycles. The Kier molecular flexibility index (Phi) is 4.80. The number of halogens is 1. The van der Waals surface area contributed by atoms with Crippen molar-refractivity contribution in [2.24, 2.45) is 0 Å². The first-order valence-corrected chi connectivity index (χ1v) is 8.37. The Labute approximate surface area is 147 Å². The number of nitrogens with one attached hydrogen (secondary N) is 2. The zero-order valence-corrected chi connectivity index (χ0v) is 14.4. The van der Waals surface area contributed by atoms with Crippen LogP contribution in [0.4, 0.5) is 5.69 Å². The van der Waals surface area contributed by atoms with Crippen LogP contribution in [0.5, 0.6) is 0 Å². The van der Waals surface area contributed by atoms with Crippen LogP contribution in [0.1, 0.15) is 23.2 Å². The van der Waals surface area contributed by atoms with Gasteiger partial charge in [-0.05, 0) is 53.0 Å². The summed E-state index contributed by atoms with van der Waals surface area (Å²) in [6.45, 7) is -0.100. The van der Waals surface area contributed by atoms with Crippen molar-refractivity contribution in [3.63, 3.8) is 0 Å². The number of nitrogens with zero attached hydrogens (tertiary/aromatic N) is 1. The van der Waals surface area contributed by atoms with Crippen LogP contribution in [0.15, 0.2) is 51.9 Å². The summed E-state index contributed by atoms with van der Waals surface area (Å²) in [6.07, 6.45) is 3.59. The van der Waals surface area contributed by atoms with E-state index in [1.54, 1.807) is 36.5 Å². The summed E-state index contributed by atoms with van der Waals surface area (Å²) in [5.41, 5.74) is 0.761. The fourth-order valence-electron chi connectivity index (χ4n) is 2.22. The van der Waals surface area contributed by atoms with Crippen LogP contribution < -0.4 is 16.2 Å². The van der Waals surface area contributed by atoms with E-state index in [4.69, 9.17) is 0 Å². The van der Waals surface area contributed by atoms with E-state index in [-0.39, 0.29) is 30.0 Å². The highest BCUT2D eigenvalue weighted by Crippen LogP contribution is 2.20. The number of benzene rings is 1. The zero-order valence-electron chi connectivity index (χ0n) is 12.8. The Hall–Kier alpha value is -2.41. The Morgan fingerprint density at radius 2 is 2.00 bits per heavy atom. The first-order valence-electron chi connectivity index (χ1n) is 7.58. The number of rotatable bonds is 5. The molecule has 124 valence electrons. The molecule has 0 bridgehead atoms. The lowest BCUT2D eigenvalue weighted by Gasteiger charge is -2.09. The molecule has 2 N–H and O–H groups in total. The van der Waals surface area contributed by atoms with Crippen LogP contribution >= 0.6 is 15.9 Å². The second-order valence-electron chi connectivity index (χ2n) is 5.69. The van der Waals surface area contributed by atoms with Gasteiger partial charge in [0.2, 0.25) is 5.91 Å². The van der Waals surface area contributed by atoms with Gasteiger partial charge in [-0.2, -0.15) is 0 Å². The van der Waals surface area contributed by atoms with Gasteiger partial charge in [0.05, 0.1) is 0 Å². The van der Waals surface area contributed by atoms with E-state index in [1.807, 2.05) is 0 Å². The molecule has 2 aromatic rings. The largest absolute Gasteiger partial charge is 0.349 e. The van der Waals surface area contributed by atoms with Crippen molar-refractivity contribution in [1.82, 2.24) is 9.88 Å². The number of aromatic nitrogens is 1. The van der Waals surface area contributed by atoms with Crippen molar-refractivity contribution < 1.29 is 9.59 Å². The molecule has 1 aliphatic rings. The van der Waals surface area contributed by atoms with Gasteiger partial charge in [0.25, 0.3) is 11.5 Å². The van der Waals surface area contributed by atoms with E-state index in [0.29, 0.717) is 15.7 Å². The summed E-state index contributed by atoms with van der Waals surface area (Å²) < 4.78 is 2.02. The molecular formula is C17H16BrN3O3. The van der Waals surface area contributed by atoms with Crippen molar-refractivity contribution in [3.8, 4) is 0 Å². The highest BCUT2D eigenvalue weighted by atomic mass is 79.9. The van der Waals surface area contributed by atoms with Gasteiger partial charge >= 0.3 is 0 Å². The molecule has 0 saturated heterocycles. The van der Waals surface area contributed by atoms with Gasteiger partial charge in [0, 0.05) is 34.0 Å². The van der Waals surface area contributed by atoms with E-state index in [0.717, 1.165) is 12.8 Å². The van der Waals surface area contributed by atoms with E-state index in [2.05, 4.69) is 26.6 Å². The summed E-state index contributed by atoms with van der Waals surface area (Å²) in [5, 5.41) is 5.61. The summed E-state index contributed by atoms with van der Waals surface area (Å²) in [5.74, 6) is -0.480. The van der Waals surface area contributed by atoms with Crippen LogP contribution in [0.25, 0.3) is 0 Å². The minimum absolute atomic E-state index is 0.100. The SMILES string of the molecule is O=C(Cn1cc(Br)ccc1=O)Nc1cccc(C(=O)NC2CC2)c1. The summed E-state index contributed by atoms with van der Waals surface area (Å²) in [7, 11) is 0. The van der Waals surface area contributed by atoms with Crippen molar-refractivity contribution in [3.05, 3.63) is 63.0 Å². The Morgan fingerprint density at radius 1 is 1.21 bits per heavy atom. The standard InChI is InChI=1S/C17H16BrN3O3/c18-12-4-7-16(23)21(9-12)10-15(22)19-14-3-1-2-11(8-14)17(24)20-13-5-6-13/h1-4,7-9,13H,5-6,10H2,(H,19,22)(H,20,24). The second-order valence-corrected chi connectivity index (χ2v) is 6.61. The number of hydrogen-bond acceptors (Lipinski definition) is 3. The predicted molar refractivity (Wildman–Crippen MR) is 94.0 cm³/mol. The smallest absolute Gasteiger partial charge is 0.251 e. The quantitative estimate of drug-likeness (QED) is 0.821. The Bertz CT molecular complexity index is 843. The molecule has 6 nitrogen and oxygen atoms in total. The lowest BCUT2D eigenvalue weighted by molar-refractivity contribution is -0.116. The fourth-order valence-corrected chi connectivity index (χ4v) is 2.59. The number of hydrogen-bond donors (Lipinski definition) is 2. The Balaban J connectivity index is 1.66. The van der Waals surface area contributed by atoms with E-state index in [1.165, 1.54) is 10.6 Å². The molecule has 0 spiro atoms. The minimum Gasteiger partial charge on any atom is -0.349 e. The van der Waals surface area contributed by atoms with Crippen molar-refractivity contribution >= 4 is 33.4 Å². The minimum atomic E-state index is -0.338. The molecule has 1 aromatic heterocycles. The topological polar surface area (TPSA) is 80.2 Å². The molecule has 0 aliphatic heterocycles. The van der Waals surface area contributed by atoms with Gasteiger partial charge in [0.15, 0.2) is 0 Å². The van der Waals surface area contributed by atoms with Crippen LogP contribution in [0.2, 0.25) is 0 Å². The monoisotopic (exact) mass is 389 g/mol. The number of amides is 2. The first kappa shape index (κ1) is 16.4. The highest BCUT2D eigenvalue weighted by molar-refractivity contribution is 9.10. The highest BCUT2D eigenvalue weighted by Gasteiger charge is 2.23. The maximum absolute atomic E-state index is 12.1. The molecule has 1 aromatic carbocycles. The van der Waals surface area contributed by atoms with Gasteiger partial charge in [-0.1, -0.05) is 6.07 Å². The van der Waals surface area contributed by atoms with Crippen LogP contribution in [0.3, 0.4) is 0 Å². The van der Waals surface area contributed by atoms with E-state index >= 15 is 0 Å². The average Bonchev–Trinajstić information content (AvgIpc) is 3.35. The van der Waals surface area contributed by atoms with Gasteiger partial charge in [0.1, 0.15) is 6.54 Å². The maximum atomic E-state index is 12.1. The lowest BCUT2D eigenvalue weighted by atomic mass is 10.2. The third-order valence-corrected chi connectivity index (χ3v) is 4.05. The average molecular weight is 390 g/mol. The molecule has 0 unspecified atom stereocenters. The predicted octanol–water partition coefficient (Wildman–Crippen LogP) is 2.14. The number of carbonyl (C=O) groups is 2. The summed E-state index contributed by atoms with van der Waals surface area (Å²) in [6, 6.07) is 10.0. The number of pyridine rings is 1. The zero-order chi connectivity index (χ0) is 17.1. The molecule has 2 amide bonds. The molecule has 7 heteroatoms. The number of carbonyl (C=O) groups excluding carboxylic acids is 2. The first-order chi connectivity index (χ1) is 11.5. The van der Waals surface area contributed by atoms with Crippen LogP contribution in [-0.2, 0) is 11.3 Å². The fraction of sp³-hybridized carbons (Fsp3) is 0.235. The van der Waals surface area contributed by atoms with Gasteiger partial charge in [-0.3, -0.25) is 14.4 Å². The summed E-state index contributed by atoms with van der Waals surface area (Å²) >= 11 is 3.27. The van der Waals surface area contributed by atoms with Crippen LogP contribution in [-0.4, -0.2) is 22.4 Å². The molecule has 1 saturated carbocycles. The third-order valence-electron chi connectivity index (χ3n) is 3.58. The van der Waals surface area contributed by atoms with E-state index in [9.17, 15) is 14.4 Å². The molecule has 0 atom stereocenters. The van der Waals surface area contributed by atoms with Gasteiger partial charge in [-0.25, -0.2) is 0 Å². The lowest BCUT2D eigenvalue weighted by Crippen LogP contribution is -2.27. The van der Waals surface area contributed by atoms with Crippen molar-refractivity contribution in [1.29, 1.82) is 0 Å². The van der Waals surface area contributed by atoms with Crippen LogP contribution in [0, 0.1) is 0 Å². The van der Waals surface area contributed by atoms with Crippen molar-refractivity contribution in [2.75, 3.05) is 5.32 Å². The molecular weight excluding hydrogens is 374 g/mol. The molecule has 24 heavy (non-hydrogen) atoms. The summed E-state index contributed by atoms with van der Waals surface area (Å²) in [4.78, 5) is 35.9. The van der Waals surface area contributed by atoms with Gasteiger partial charge in [-0.15, -0.1) is 0 Å². The normalized spacial score (nSPS) is 13.4. The second kappa shape index (κ2) is 7.00. The Morgan fingerprint density at radius 3 is 2.75 bits per heavy atom. The van der Waals surface area contributed by atoms with E-state index < -0.39 is 0 Å². The third kappa shape index (κ3) is 4.32. The molecule has 3 rings (SSSR count). The number of anilines is 1. The maximum Gasteiger partial charge on any atom is 0.251 e. The van der Waals surface area contributed by atoms with Gasteiger partial charge < -0.3 is 15.2 Å². The molecule has 0 radical (unpaired) electrons. The molecule has 1 fully saturated rings. The van der Waals surface area contributed by atoms with Crippen molar-refractivity contribution in [2.45, 2.75) is 25.4 Å².